The van der Waals surface area contributed by atoms with Gasteiger partial charge >= 0.3 is 5.97 Å². The molecule has 1 heterocycles. The lowest BCUT2D eigenvalue weighted by atomic mass is 9.96. The molecule has 3 rings (SSSR count). The highest BCUT2D eigenvalue weighted by Crippen LogP contribution is 2.31. The normalized spacial score (nSPS) is 14.0. The van der Waals surface area contributed by atoms with Crippen LogP contribution in [0.15, 0.2) is 48.5 Å². The molecule has 4 nitrogen and oxygen atoms in total. The van der Waals surface area contributed by atoms with Gasteiger partial charge in [0.05, 0.1) is 12.1 Å². The lowest BCUT2D eigenvalue weighted by molar-refractivity contribution is -0.136. The summed E-state index contributed by atoms with van der Waals surface area (Å²) in [5.74, 6) is -0.936. The fourth-order valence-corrected chi connectivity index (χ4v) is 3.14. The van der Waals surface area contributed by atoms with Crippen molar-refractivity contribution in [3.63, 3.8) is 0 Å². The smallest absolute Gasteiger partial charge is 0.307 e. The third kappa shape index (κ3) is 3.26. The van der Waals surface area contributed by atoms with Crippen LogP contribution < -0.4 is 4.90 Å². The van der Waals surface area contributed by atoms with Crippen molar-refractivity contribution in [2.24, 2.45) is 0 Å². The monoisotopic (exact) mass is 309 g/mol. The largest absolute Gasteiger partial charge is 0.481 e. The number of hydrogen-bond acceptors (Lipinski definition) is 3. The van der Waals surface area contributed by atoms with Gasteiger partial charge in [0.1, 0.15) is 0 Å². The van der Waals surface area contributed by atoms with Gasteiger partial charge < -0.3 is 10.0 Å². The Balaban J connectivity index is 2.08. The van der Waals surface area contributed by atoms with E-state index in [1.807, 2.05) is 24.3 Å². The van der Waals surface area contributed by atoms with E-state index in [-0.39, 0.29) is 12.2 Å². The molecule has 1 aliphatic rings. The number of carbonyl (C=O) groups is 2. The molecular formula is C19H19NO3. The van der Waals surface area contributed by atoms with Gasteiger partial charge in [0.2, 0.25) is 0 Å². The summed E-state index contributed by atoms with van der Waals surface area (Å²) in [7, 11) is 0. The molecule has 0 saturated carbocycles. The van der Waals surface area contributed by atoms with Crippen LogP contribution in [0.3, 0.4) is 0 Å². The highest BCUT2D eigenvalue weighted by molar-refractivity contribution is 6.13. The highest BCUT2D eigenvalue weighted by Gasteiger charge is 2.24. The van der Waals surface area contributed by atoms with Crippen LogP contribution in [0, 0.1) is 0 Å². The van der Waals surface area contributed by atoms with Gasteiger partial charge in [-0.25, -0.2) is 0 Å². The summed E-state index contributed by atoms with van der Waals surface area (Å²) in [5.41, 5.74) is 2.72. The van der Waals surface area contributed by atoms with Gasteiger partial charge in [-0.1, -0.05) is 42.5 Å². The highest BCUT2D eigenvalue weighted by atomic mass is 16.4. The van der Waals surface area contributed by atoms with Crippen LogP contribution >= 0.6 is 0 Å². The number of nitrogens with zero attached hydrogens (tertiary/aromatic N) is 1. The second-order valence-corrected chi connectivity index (χ2v) is 5.77. The Labute approximate surface area is 135 Å². The molecule has 0 amide bonds. The van der Waals surface area contributed by atoms with Crippen LogP contribution in [0.25, 0.3) is 0 Å². The molecule has 0 bridgehead atoms. The maximum atomic E-state index is 12.9. The predicted octanol–water partition coefficient (Wildman–Crippen LogP) is 3.14. The molecular weight excluding hydrogens is 290 g/mol. The number of benzene rings is 2. The van der Waals surface area contributed by atoms with Crippen molar-refractivity contribution >= 4 is 17.4 Å². The molecule has 0 unspecified atom stereocenters. The molecule has 0 spiro atoms. The zero-order valence-electron chi connectivity index (χ0n) is 12.9. The van der Waals surface area contributed by atoms with E-state index in [1.165, 1.54) is 0 Å². The lowest BCUT2D eigenvalue weighted by Gasteiger charge is -2.24. The summed E-state index contributed by atoms with van der Waals surface area (Å²) in [6.07, 6.45) is 2.07. The van der Waals surface area contributed by atoms with Gasteiger partial charge in [0.15, 0.2) is 5.78 Å². The third-order valence-corrected chi connectivity index (χ3v) is 4.16. The number of carbonyl (C=O) groups excluding carboxylic acids is 1. The first kappa shape index (κ1) is 15.3. The van der Waals surface area contributed by atoms with E-state index >= 15 is 0 Å². The summed E-state index contributed by atoms with van der Waals surface area (Å²) >= 11 is 0. The fourth-order valence-electron chi connectivity index (χ4n) is 3.14. The summed E-state index contributed by atoms with van der Waals surface area (Å²) in [5, 5.41) is 9.18. The maximum Gasteiger partial charge on any atom is 0.307 e. The van der Waals surface area contributed by atoms with E-state index < -0.39 is 5.97 Å². The van der Waals surface area contributed by atoms with Crippen molar-refractivity contribution in [1.29, 1.82) is 0 Å². The Hall–Kier alpha value is -2.62. The van der Waals surface area contributed by atoms with Crippen LogP contribution in [0.1, 0.15) is 34.3 Å². The Kier molecular flexibility index (Phi) is 4.42. The fraction of sp³-hybridized carbons (Fsp3) is 0.263. The zero-order valence-corrected chi connectivity index (χ0v) is 12.9. The number of ketones is 1. The molecule has 118 valence electrons. The predicted molar refractivity (Wildman–Crippen MR) is 89.1 cm³/mol. The second kappa shape index (κ2) is 6.65. The van der Waals surface area contributed by atoms with Crippen molar-refractivity contribution in [2.75, 3.05) is 18.0 Å². The Bertz CT molecular complexity index is 719. The van der Waals surface area contributed by atoms with Crippen LogP contribution in [-0.4, -0.2) is 29.9 Å². The molecule has 1 N–H and O–H groups in total. The minimum absolute atomic E-state index is 0.0558. The van der Waals surface area contributed by atoms with Crippen LogP contribution in [0.5, 0.6) is 0 Å². The minimum Gasteiger partial charge on any atom is -0.481 e. The van der Waals surface area contributed by atoms with E-state index in [0.717, 1.165) is 31.6 Å². The van der Waals surface area contributed by atoms with Gasteiger partial charge in [0, 0.05) is 24.2 Å². The number of anilines is 1. The Morgan fingerprint density at radius 1 is 0.957 bits per heavy atom. The quantitative estimate of drug-likeness (QED) is 0.862. The molecule has 2 aromatic carbocycles. The molecule has 4 heteroatoms. The molecule has 1 aliphatic heterocycles. The Morgan fingerprint density at radius 3 is 2.30 bits per heavy atom. The molecule has 0 aliphatic carbocycles. The zero-order chi connectivity index (χ0) is 16.2. The number of hydrogen-bond donors (Lipinski definition) is 1. The SMILES string of the molecule is O=C(O)Cc1cccc(C(=O)c2ccccc2)c1N1CCCC1. The Morgan fingerprint density at radius 2 is 1.65 bits per heavy atom. The molecule has 1 fully saturated rings. The second-order valence-electron chi connectivity index (χ2n) is 5.77. The number of carboxylic acid groups (broad SMARTS) is 1. The van der Waals surface area contributed by atoms with Crippen molar-refractivity contribution in [2.45, 2.75) is 19.3 Å². The van der Waals surface area contributed by atoms with Crippen molar-refractivity contribution in [3.8, 4) is 0 Å². The topological polar surface area (TPSA) is 57.6 Å². The summed E-state index contributed by atoms with van der Waals surface area (Å²) in [4.78, 5) is 26.2. The van der Waals surface area contributed by atoms with Gasteiger partial charge in [-0.3, -0.25) is 9.59 Å². The molecule has 0 radical (unpaired) electrons. The third-order valence-electron chi connectivity index (χ3n) is 4.16. The van der Waals surface area contributed by atoms with E-state index in [1.54, 1.807) is 24.3 Å². The van der Waals surface area contributed by atoms with Crippen molar-refractivity contribution in [3.05, 3.63) is 65.2 Å². The summed E-state index contributed by atoms with van der Waals surface area (Å²) in [6.45, 7) is 1.73. The van der Waals surface area contributed by atoms with Crippen LogP contribution in [0.4, 0.5) is 5.69 Å². The molecule has 0 atom stereocenters. The summed E-state index contributed by atoms with van der Waals surface area (Å²) in [6, 6.07) is 14.5. The van der Waals surface area contributed by atoms with Gasteiger partial charge in [0.25, 0.3) is 0 Å². The molecule has 23 heavy (non-hydrogen) atoms. The van der Waals surface area contributed by atoms with Gasteiger partial charge in [-0.15, -0.1) is 0 Å². The number of rotatable bonds is 5. The van der Waals surface area contributed by atoms with Crippen molar-refractivity contribution in [1.82, 2.24) is 0 Å². The lowest BCUT2D eigenvalue weighted by Crippen LogP contribution is -2.23. The molecule has 1 saturated heterocycles. The number of aliphatic carboxylic acids is 1. The number of para-hydroxylation sites is 1. The molecule has 2 aromatic rings. The standard InChI is InChI=1S/C19H19NO3/c21-17(22)13-15-9-6-10-16(18(15)20-11-4-5-12-20)19(23)14-7-2-1-3-8-14/h1-3,6-10H,4-5,11-13H2,(H,21,22). The maximum absolute atomic E-state index is 12.9. The van der Waals surface area contributed by atoms with Gasteiger partial charge in [-0.05, 0) is 24.5 Å². The number of carboxylic acids is 1. The first-order valence-electron chi connectivity index (χ1n) is 7.85. The van der Waals surface area contributed by atoms with E-state index in [2.05, 4.69) is 4.90 Å². The average molecular weight is 309 g/mol. The first-order chi connectivity index (χ1) is 11.2. The van der Waals surface area contributed by atoms with Crippen LogP contribution in [0.2, 0.25) is 0 Å². The first-order valence-corrected chi connectivity index (χ1v) is 7.85. The van der Waals surface area contributed by atoms with E-state index in [9.17, 15) is 14.7 Å². The average Bonchev–Trinajstić information content (AvgIpc) is 3.08. The van der Waals surface area contributed by atoms with E-state index in [0.29, 0.717) is 16.7 Å². The minimum atomic E-state index is -0.880. The van der Waals surface area contributed by atoms with Crippen LogP contribution in [-0.2, 0) is 11.2 Å². The van der Waals surface area contributed by atoms with E-state index in [4.69, 9.17) is 0 Å². The molecule has 0 aromatic heterocycles. The van der Waals surface area contributed by atoms with Crippen molar-refractivity contribution < 1.29 is 14.7 Å². The summed E-state index contributed by atoms with van der Waals surface area (Å²) < 4.78 is 0. The van der Waals surface area contributed by atoms with Gasteiger partial charge in [-0.2, -0.15) is 0 Å².